The van der Waals surface area contributed by atoms with Gasteiger partial charge in [0.15, 0.2) is 5.78 Å². The molecule has 0 amide bonds. The van der Waals surface area contributed by atoms with E-state index in [-0.39, 0.29) is 11.6 Å². The van der Waals surface area contributed by atoms with Gasteiger partial charge in [0.2, 0.25) is 0 Å². The van der Waals surface area contributed by atoms with Crippen molar-refractivity contribution in [2.75, 3.05) is 6.26 Å². The van der Waals surface area contributed by atoms with Gasteiger partial charge >= 0.3 is 0 Å². The van der Waals surface area contributed by atoms with E-state index in [9.17, 15) is 9.18 Å². The third kappa shape index (κ3) is 2.23. The van der Waals surface area contributed by atoms with Gasteiger partial charge in [0.05, 0.1) is 0 Å². The van der Waals surface area contributed by atoms with E-state index < -0.39 is 0 Å². The zero-order valence-corrected chi connectivity index (χ0v) is 10.3. The third-order valence-corrected chi connectivity index (χ3v) is 3.53. The first-order valence-corrected chi connectivity index (χ1v) is 6.12. The summed E-state index contributed by atoms with van der Waals surface area (Å²) in [5.74, 6) is -0.287. The van der Waals surface area contributed by atoms with Crippen molar-refractivity contribution in [2.24, 2.45) is 0 Å². The van der Waals surface area contributed by atoms with E-state index in [1.807, 2.05) is 20.1 Å². The molecule has 0 radical (unpaired) electrons. The van der Waals surface area contributed by atoms with E-state index in [1.165, 1.54) is 17.8 Å². The van der Waals surface area contributed by atoms with Gasteiger partial charge in [-0.25, -0.2) is 4.39 Å². The molecule has 1 rings (SSSR count). The standard InChI is InChI=1S/C12H15FOS/c1-5-11(14)9-6-10(13)12(15-4)8(3)7(9)2/h6H,5H2,1-4H3. The van der Waals surface area contributed by atoms with Gasteiger partial charge < -0.3 is 0 Å². The van der Waals surface area contributed by atoms with Crippen molar-refractivity contribution in [3.05, 3.63) is 28.6 Å². The lowest BCUT2D eigenvalue weighted by atomic mass is 9.98. The van der Waals surface area contributed by atoms with Crippen LogP contribution in [0.5, 0.6) is 0 Å². The lowest BCUT2D eigenvalue weighted by molar-refractivity contribution is 0.0987. The van der Waals surface area contributed by atoms with E-state index in [0.29, 0.717) is 16.9 Å². The molecule has 0 spiro atoms. The van der Waals surface area contributed by atoms with Crippen molar-refractivity contribution < 1.29 is 9.18 Å². The van der Waals surface area contributed by atoms with E-state index in [1.54, 1.807) is 6.92 Å². The molecule has 0 heterocycles. The summed E-state index contributed by atoms with van der Waals surface area (Å²) in [4.78, 5) is 12.2. The van der Waals surface area contributed by atoms with Gasteiger partial charge in [-0.15, -0.1) is 11.8 Å². The van der Waals surface area contributed by atoms with Crippen LogP contribution in [-0.4, -0.2) is 12.0 Å². The minimum absolute atomic E-state index is 0.00199. The fourth-order valence-electron chi connectivity index (χ4n) is 1.58. The molecule has 1 aromatic carbocycles. The van der Waals surface area contributed by atoms with Gasteiger partial charge in [0, 0.05) is 16.9 Å². The van der Waals surface area contributed by atoms with Gasteiger partial charge in [-0.2, -0.15) is 0 Å². The van der Waals surface area contributed by atoms with Crippen LogP contribution in [0.3, 0.4) is 0 Å². The number of hydrogen-bond donors (Lipinski definition) is 0. The monoisotopic (exact) mass is 226 g/mol. The molecule has 0 aromatic heterocycles. The van der Waals surface area contributed by atoms with Crippen LogP contribution in [-0.2, 0) is 0 Å². The quantitative estimate of drug-likeness (QED) is 0.576. The van der Waals surface area contributed by atoms with Crippen LogP contribution < -0.4 is 0 Å². The van der Waals surface area contributed by atoms with Crippen molar-refractivity contribution >= 4 is 17.5 Å². The highest BCUT2D eigenvalue weighted by Gasteiger charge is 2.15. The highest BCUT2D eigenvalue weighted by Crippen LogP contribution is 2.28. The Morgan fingerprint density at radius 1 is 1.40 bits per heavy atom. The molecule has 0 aliphatic carbocycles. The SMILES string of the molecule is CCC(=O)c1cc(F)c(SC)c(C)c1C. The molecule has 0 atom stereocenters. The summed E-state index contributed by atoms with van der Waals surface area (Å²) in [7, 11) is 0. The van der Waals surface area contributed by atoms with Crippen LogP contribution in [0.25, 0.3) is 0 Å². The number of benzene rings is 1. The van der Waals surface area contributed by atoms with Crippen LogP contribution in [0, 0.1) is 19.7 Å². The smallest absolute Gasteiger partial charge is 0.162 e. The number of carbonyl (C=O) groups is 1. The van der Waals surface area contributed by atoms with Crippen molar-refractivity contribution in [2.45, 2.75) is 32.1 Å². The van der Waals surface area contributed by atoms with Crippen LogP contribution in [0.1, 0.15) is 34.8 Å². The summed E-state index contributed by atoms with van der Waals surface area (Å²) >= 11 is 1.38. The summed E-state index contributed by atoms with van der Waals surface area (Å²) in [6, 6.07) is 1.36. The molecule has 0 aliphatic heterocycles. The minimum Gasteiger partial charge on any atom is -0.294 e. The maximum Gasteiger partial charge on any atom is 0.162 e. The van der Waals surface area contributed by atoms with E-state index in [4.69, 9.17) is 0 Å². The Kier molecular flexibility index (Phi) is 3.91. The number of halogens is 1. The summed E-state index contributed by atoms with van der Waals surface area (Å²) in [5.41, 5.74) is 2.29. The maximum absolute atomic E-state index is 13.6. The second-order valence-electron chi connectivity index (χ2n) is 3.47. The molecular formula is C12H15FOS. The molecule has 0 bridgehead atoms. The van der Waals surface area contributed by atoms with Crippen LogP contribution >= 0.6 is 11.8 Å². The molecule has 0 unspecified atom stereocenters. The summed E-state index contributed by atoms with van der Waals surface area (Å²) in [6.45, 7) is 5.52. The zero-order chi connectivity index (χ0) is 11.6. The van der Waals surface area contributed by atoms with Gasteiger partial charge in [0.25, 0.3) is 0 Å². The molecule has 15 heavy (non-hydrogen) atoms. The first-order chi connectivity index (χ1) is 7.02. The van der Waals surface area contributed by atoms with E-state index >= 15 is 0 Å². The number of carbonyl (C=O) groups excluding carboxylic acids is 1. The predicted octanol–water partition coefficient (Wildman–Crippen LogP) is 3.76. The second kappa shape index (κ2) is 4.79. The Balaban J connectivity index is 3.40. The van der Waals surface area contributed by atoms with Gasteiger partial charge in [0.1, 0.15) is 5.82 Å². The molecule has 0 saturated carbocycles. The predicted molar refractivity (Wildman–Crippen MR) is 62.3 cm³/mol. The number of thioether (sulfide) groups is 1. The average Bonchev–Trinajstić information content (AvgIpc) is 2.23. The largest absolute Gasteiger partial charge is 0.294 e. The Morgan fingerprint density at radius 3 is 2.47 bits per heavy atom. The van der Waals surface area contributed by atoms with Crippen LogP contribution in [0.15, 0.2) is 11.0 Å². The number of hydrogen-bond acceptors (Lipinski definition) is 2. The summed E-state index contributed by atoms with van der Waals surface area (Å²) in [5, 5.41) is 0. The van der Waals surface area contributed by atoms with E-state index in [0.717, 1.165) is 11.1 Å². The summed E-state index contributed by atoms with van der Waals surface area (Å²) < 4.78 is 13.6. The number of ketones is 1. The highest BCUT2D eigenvalue weighted by atomic mass is 32.2. The topological polar surface area (TPSA) is 17.1 Å². The van der Waals surface area contributed by atoms with Crippen molar-refractivity contribution in [3.8, 4) is 0 Å². The Morgan fingerprint density at radius 2 is 2.00 bits per heavy atom. The Labute approximate surface area is 94.1 Å². The lowest BCUT2D eigenvalue weighted by Crippen LogP contribution is -2.04. The minimum atomic E-state index is -0.289. The molecular weight excluding hydrogens is 211 g/mol. The molecule has 82 valence electrons. The zero-order valence-electron chi connectivity index (χ0n) is 9.48. The highest BCUT2D eigenvalue weighted by molar-refractivity contribution is 7.98. The van der Waals surface area contributed by atoms with Gasteiger partial charge in [-0.3, -0.25) is 4.79 Å². The molecule has 0 N–H and O–H groups in total. The number of rotatable bonds is 3. The first-order valence-electron chi connectivity index (χ1n) is 4.89. The van der Waals surface area contributed by atoms with Crippen LogP contribution in [0.4, 0.5) is 4.39 Å². The fourth-order valence-corrected chi connectivity index (χ4v) is 2.30. The van der Waals surface area contributed by atoms with Crippen molar-refractivity contribution in [3.63, 3.8) is 0 Å². The molecule has 0 fully saturated rings. The number of Topliss-reactive ketones (excluding diaryl/α,β-unsaturated/α-hetero) is 1. The maximum atomic E-state index is 13.6. The lowest BCUT2D eigenvalue weighted by Gasteiger charge is -2.11. The first kappa shape index (κ1) is 12.2. The molecule has 0 aliphatic rings. The summed E-state index contributed by atoms with van der Waals surface area (Å²) in [6.07, 6.45) is 2.25. The fraction of sp³-hybridized carbons (Fsp3) is 0.417. The normalized spacial score (nSPS) is 10.5. The molecule has 1 nitrogen and oxygen atoms in total. The Bertz CT molecular complexity index is 399. The van der Waals surface area contributed by atoms with Gasteiger partial charge in [-0.05, 0) is 37.3 Å². The van der Waals surface area contributed by atoms with Crippen molar-refractivity contribution in [1.29, 1.82) is 0 Å². The van der Waals surface area contributed by atoms with Gasteiger partial charge in [-0.1, -0.05) is 6.92 Å². The average molecular weight is 226 g/mol. The van der Waals surface area contributed by atoms with E-state index in [2.05, 4.69) is 0 Å². The third-order valence-electron chi connectivity index (χ3n) is 2.62. The van der Waals surface area contributed by atoms with Crippen molar-refractivity contribution in [1.82, 2.24) is 0 Å². The van der Waals surface area contributed by atoms with Crippen LogP contribution in [0.2, 0.25) is 0 Å². The molecule has 0 saturated heterocycles. The molecule has 3 heteroatoms. The Hall–Kier alpha value is -0.830. The molecule has 1 aromatic rings. The second-order valence-corrected chi connectivity index (χ2v) is 4.28.